The molecule has 4 aromatic carbocycles. The maximum Gasteiger partial charge on any atom is 0.343 e. The van der Waals surface area contributed by atoms with E-state index in [0.29, 0.717) is 11.1 Å². The monoisotopic (exact) mass is 819 g/mol. The summed E-state index contributed by atoms with van der Waals surface area (Å²) in [6.07, 6.45) is 0.722. The van der Waals surface area contributed by atoms with E-state index in [2.05, 4.69) is 0 Å². The molecule has 0 amide bonds. The van der Waals surface area contributed by atoms with Gasteiger partial charge in [0.2, 0.25) is 5.78 Å². The van der Waals surface area contributed by atoms with Crippen molar-refractivity contribution in [2.75, 3.05) is 41.5 Å². The first-order chi connectivity index (χ1) is 26.6. The molecule has 0 heterocycles. The van der Waals surface area contributed by atoms with Crippen LogP contribution in [0.1, 0.15) is 63.2 Å². The van der Waals surface area contributed by atoms with Crippen LogP contribution < -0.4 is 9.47 Å². The van der Waals surface area contributed by atoms with E-state index in [1.807, 2.05) is 0 Å². The molecule has 0 saturated heterocycles. The first kappa shape index (κ1) is 45.0. The second-order valence-electron chi connectivity index (χ2n) is 12.0. The fraction of sp³-hybridized carbons (Fsp3) is 0.268. The Morgan fingerprint density at radius 2 is 1.14 bits per heavy atom. The molecule has 56 heavy (non-hydrogen) atoms. The Morgan fingerprint density at radius 1 is 0.679 bits per heavy atom. The summed E-state index contributed by atoms with van der Waals surface area (Å²) in [5.41, 5.74) is 0.307. The van der Waals surface area contributed by atoms with Gasteiger partial charge < -0.3 is 23.8 Å². The van der Waals surface area contributed by atoms with Gasteiger partial charge in [0.25, 0.3) is 0 Å². The highest BCUT2D eigenvalue weighted by atomic mass is 35.5. The number of carbonyl (C=O) groups is 4. The van der Waals surface area contributed by atoms with E-state index in [1.165, 1.54) is 61.7 Å². The standard InChI is InChI=1S/C22H22ClF2NO4.C19H17ClF2O4/c1-5-30-22(28)16(12-26(2)3)21(27)15-10-14(19(29-4)11-18(15)24)9-13-7-6-8-17(23)20(13)25;1-3-26-18(24)10-16(23)13-8-12(17(25-2)9-15(13)21)7-11-5-4-6-14(20)19(11)22/h6-8,10-12H,5,9H2,1-4H3;4-6,8-9H,3,7,10H2,1-2H3. The number of esters is 2. The zero-order valence-corrected chi connectivity index (χ0v) is 32.9. The first-order valence-electron chi connectivity index (χ1n) is 16.9. The van der Waals surface area contributed by atoms with Crippen LogP contribution in [0, 0.1) is 23.3 Å². The quantitative estimate of drug-likeness (QED) is 0.0291. The van der Waals surface area contributed by atoms with Crippen molar-refractivity contribution in [1.29, 1.82) is 0 Å². The second-order valence-corrected chi connectivity index (χ2v) is 12.8. The van der Waals surface area contributed by atoms with Crippen molar-refractivity contribution in [3.8, 4) is 11.5 Å². The van der Waals surface area contributed by atoms with Gasteiger partial charge in [-0.1, -0.05) is 47.5 Å². The van der Waals surface area contributed by atoms with Gasteiger partial charge in [0, 0.05) is 45.3 Å². The number of halogens is 6. The number of Topliss-reactive ketones (excluding diaryl/α,β-unsaturated/α-hetero) is 2. The third kappa shape index (κ3) is 11.8. The average Bonchev–Trinajstić information content (AvgIpc) is 3.15. The molecule has 0 spiro atoms. The van der Waals surface area contributed by atoms with E-state index in [9.17, 15) is 36.7 Å². The topological polar surface area (TPSA) is 108 Å². The Bertz CT molecular complexity index is 2120. The molecular formula is C41H39Cl2F4NO8. The lowest BCUT2D eigenvalue weighted by molar-refractivity contribution is -0.142. The van der Waals surface area contributed by atoms with Crippen molar-refractivity contribution >= 4 is 46.7 Å². The van der Waals surface area contributed by atoms with Crippen molar-refractivity contribution in [3.05, 3.63) is 139 Å². The molecule has 0 fully saturated rings. The Kier molecular flexibility index (Phi) is 16.9. The Morgan fingerprint density at radius 3 is 1.59 bits per heavy atom. The van der Waals surface area contributed by atoms with Crippen molar-refractivity contribution in [3.63, 3.8) is 0 Å². The first-order valence-corrected chi connectivity index (χ1v) is 17.7. The lowest BCUT2D eigenvalue weighted by Gasteiger charge is -2.14. The van der Waals surface area contributed by atoms with Crippen molar-refractivity contribution in [2.45, 2.75) is 33.1 Å². The molecule has 0 unspecified atom stereocenters. The highest BCUT2D eigenvalue weighted by Crippen LogP contribution is 2.31. The third-order valence-corrected chi connectivity index (χ3v) is 8.43. The van der Waals surface area contributed by atoms with Gasteiger partial charge in [-0.15, -0.1) is 0 Å². The lowest BCUT2D eigenvalue weighted by Crippen LogP contribution is -2.20. The van der Waals surface area contributed by atoms with Gasteiger partial charge in [0.15, 0.2) is 5.78 Å². The van der Waals surface area contributed by atoms with Gasteiger partial charge in [-0.2, -0.15) is 0 Å². The highest BCUT2D eigenvalue weighted by Gasteiger charge is 2.26. The summed E-state index contributed by atoms with van der Waals surface area (Å²) in [4.78, 5) is 50.4. The van der Waals surface area contributed by atoms with Crippen LogP contribution in [-0.4, -0.2) is 69.9 Å². The minimum atomic E-state index is -0.874. The zero-order chi connectivity index (χ0) is 41.7. The molecule has 15 heteroatoms. The smallest absolute Gasteiger partial charge is 0.343 e. The molecule has 0 aliphatic heterocycles. The third-order valence-electron chi connectivity index (χ3n) is 7.85. The van der Waals surface area contributed by atoms with E-state index >= 15 is 0 Å². The summed E-state index contributed by atoms with van der Waals surface area (Å²) in [6, 6.07) is 13.6. The molecule has 0 aromatic heterocycles. The molecule has 298 valence electrons. The van der Waals surface area contributed by atoms with Crippen molar-refractivity contribution in [1.82, 2.24) is 4.90 Å². The van der Waals surface area contributed by atoms with Crippen LogP contribution in [0.3, 0.4) is 0 Å². The predicted molar refractivity (Wildman–Crippen MR) is 203 cm³/mol. The summed E-state index contributed by atoms with van der Waals surface area (Å²) in [7, 11) is 5.91. The second kappa shape index (κ2) is 21.1. The normalized spacial score (nSPS) is 10.9. The maximum atomic E-state index is 14.7. The van der Waals surface area contributed by atoms with Crippen LogP contribution >= 0.6 is 23.2 Å². The summed E-state index contributed by atoms with van der Waals surface area (Å²) in [6.45, 7) is 3.38. The number of carbonyl (C=O) groups excluding carboxylic acids is 4. The molecule has 0 atom stereocenters. The number of nitrogens with zero attached hydrogens (tertiary/aromatic N) is 1. The fourth-order valence-electron chi connectivity index (χ4n) is 5.28. The molecule has 4 aromatic rings. The molecule has 0 N–H and O–H groups in total. The van der Waals surface area contributed by atoms with Gasteiger partial charge in [-0.05, 0) is 60.4 Å². The molecular weight excluding hydrogens is 781 g/mol. The van der Waals surface area contributed by atoms with Crippen LogP contribution in [0.2, 0.25) is 10.0 Å². The number of rotatable bonds is 15. The summed E-state index contributed by atoms with van der Waals surface area (Å²) < 4.78 is 77.4. The highest BCUT2D eigenvalue weighted by molar-refractivity contribution is 6.31. The van der Waals surface area contributed by atoms with Gasteiger partial charge in [-0.3, -0.25) is 14.4 Å². The van der Waals surface area contributed by atoms with Crippen LogP contribution in [0.15, 0.2) is 72.4 Å². The van der Waals surface area contributed by atoms with E-state index in [1.54, 1.807) is 40.1 Å². The van der Waals surface area contributed by atoms with E-state index in [4.69, 9.17) is 42.1 Å². The van der Waals surface area contributed by atoms with Gasteiger partial charge >= 0.3 is 11.9 Å². The van der Waals surface area contributed by atoms with Crippen LogP contribution in [0.5, 0.6) is 11.5 Å². The SMILES string of the molecule is CCOC(=O)C(=CN(C)C)C(=O)c1cc(Cc2cccc(Cl)c2F)c(OC)cc1F.CCOC(=O)CC(=O)c1cc(Cc2cccc(Cl)c2F)c(OC)cc1F. The number of hydrogen-bond donors (Lipinski definition) is 0. The number of ether oxygens (including phenoxy) is 4. The van der Waals surface area contributed by atoms with E-state index in [0.717, 1.165) is 12.1 Å². The predicted octanol–water partition coefficient (Wildman–Crippen LogP) is 8.76. The summed E-state index contributed by atoms with van der Waals surface area (Å²) in [5.74, 6) is -5.80. The maximum absolute atomic E-state index is 14.7. The minimum absolute atomic E-state index is 0.00224. The molecule has 0 saturated carbocycles. The Labute approximate surface area is 331 Å². The van der Waals surface area contributed by atoms with Crippen LogP contribution in [0.4, 0.5) is 17.6 Å². The summed E-state index contributed by atoms with van der Waals surface area (Å²) >= 11 is 11.6. The number of methoxy groups -OCH3 is 2. The largest absolute Gasteiger partial charge is 0.496 e. The molecule has 0 aliphatic carbocycles. The molecule has 0 bridgehead atoms. The van der Waals surface area contributed by atoms with Gasteiger partial charge in [-0.25, -0.2) is 22.4 Å². The lowest BCUT2D eigenvalue weighted by atomic mass is 9.96. The minimum Gasteiger partial charge on any atom is -0.496 e. The van der Waals surface area contributed by atoms with Gasteiger partial charge in [0.1, 0.15) is 46.8 Å². The molecule has 4 rings (SSSR count). The molecule has 0 radical (unpaired) electrons. The molecule has 9 nitrogen and oxygen atoms in total. The van der Waals surface area contributed by atoms with Gasteiger partial charge in [0.05, 0.1) is 48.6 Å². The van der Waals surface area contributed by atoms with Crippen LogP contribution in [0.25, 0.3) is 0 Å². The molecule has 0 aliphatic rings. The number of ketones is 2. The zero-order valence-electron chi connectivity index (χ0n) is 31.4. The Balaban J connectivity index is 0.000000303. The number of hydrogen-bond acceptors (Lipinski definition) is 9. The fourth-order valence-corrected chi connectivity index (χ4v) is 5.67. The van der Waals surface area contributed by atoms with Crippen molar-refractivity contribution in [2.24, 2.45) is 0 Å². The summed E-state index contributed by atoms with van der Waals surface area (Å²) in [5, 5.41) is -0.0921. The van der Waals surface area contributed by atoms with Crippen molar-refractivity contribution < 1.29 is 55.7 Å². The average molecular weight is 821 g/mol. The van der Waals surface area contributed by atoms with E-state index in [-0.39, 0.29) is 75.4 Å². The Hall–Kier alpha value is -5.40. The number of benzene rings is 4. The van der Waals surface area contributed by atoms with E-state index < -0.39 is 53.2 Å². The van der Waals surface area contributed by atoms with Crippen LogP contribution in [-0.2, 0) is 31.9 Å².